The van der Waals surface area contributed by atoms with Crippen molar-refractivity contribution in [1.29, 1.82) is 5.26 Å². The van der Waals surface area contributed by atoms with Crippen LogP contribution in [-0.4, -0.2) is 37.1 Å². The molecule has 106 valence electrons. The fraction of sp³-hybridized carbons (Fsp3) is 0.588. The molecule has 20 heavy (non-hydrogen) atoms. The van der Waals surface area contributed by atoms with Gasteiger partial charge in [0.2, 0.25) is 0 Å². The summed E-state index contributed by atoms with van der Waals surface area (Å²) in [6, 6.07) is 13.7. The second kappa shape index (κ2) is 5.95. The molecule has 0 atom stereocenters. The van der Waals surface area contributed by atoms with E-state index in [9.17, 15) is 5.26 Å². The molecule has 0 unspecified atom stereocenters. The van der Waals surface area contributed by atoms with Gasteiger partial charge >= 0.3 is 0 Å². The maximum atomic E-state index is 9.72. The zero-order valence-corrected chi connectivity index (χ0v) is 12.0. The van der Waals surface area contributed by atoms with E-state index in [4.69, 9.17) is 0 Å². The normalized spacial score (nSPS) is 31.6. The van der Waals surface area contributed by atoms with Gasteiger partial charge in [-0.2, -0.15) is 5.26 Å². The standard InChI is InChI=1S/C17H23N3/c18-14-17(15-4-2-1-3-5-15)8-6-16(7-9-17)20-12-10-19-11-13-20/h1-5,16,19H,6-13H2. The summed E-state index contributed by atoms with van der Waals surface area (Å²) in [5, 5.41) is 13.1. The number of nitrogens with one attached hydrogen (secondary N) is 1. The molecule has 0 spiro atoms. The minimum atomic E-state index is -0.244. The molecule has 1 aliphatic carbocycles. The lowest BCUT2D eigenvalue weighted by molar-refractivity contribution is 0.122. The van der Waals surface area contributed by atoms with Crippen LogP contribution in [0.25, 0.3) is 0 Å². The first-order valence-corrected chi connectivity index (χ1v) is 7.76. The smallest absolute Gasteiger partial charge is 0.0823 e. The number of hydrogen-bond acceptors (Lipinski definition) is 3. The predicted octanol–water partition coefficient (Wildman–Crippen LogP) is 2.30. The van der Waals surface area contributed by atoms with Gasteiger partial charge in [0, 0.05) is 32.2 Å². The molecule has 0 amide bonds. The van der Waals surface area contributed by atoms with Gasteiger partial charge in [-0.3, -0.25) is 4.90 Å². The molecule has 1 saturated heterocycles. The summed E-state index contributed by atoms with van der Waals surface area (Å²) in [6.07, 6.45) is 4.31. The van der Waals surface area contributed by atoms with E-state index in [1.807, 2.05) is 6.07 Å². The predicted molar refractivity (Wildman–Crippen MR) is 80.4 cm³/mol. The summed E-state index contributed by atoms with van der Waals surface area (Å²) < 4.78 is 0. The van der Waals surface area contributed by atoms with Crippen molar-refractivity contribution in [3.63, 3.8) is 0 Å². The van der Waals surface area contributed by atoms with E-state index in [1.54, 1.807) is 0 Å². The van der Waals surface area contributed by atoms with E-state index < -0.39 is 0 Å². The lowest BCUT2D eigenvalue weighted by atomic mass is 9.69. The highest BCUT2D eigenvalue weighted by atomic mass is 15.2. The van der Waals surface area contributed by atoms with Crippen LogP contribution in [0.3, 0.4) is 0 Å². The average molecular weight is 269 g/mol. The van der Waals surface area contributed by atoms with E-state index in [0.29, 0.717) is 6.04 Å². The van der Waals surface area contributed by atoms with Crippen LogP contribution in [0.2, 0.25) is 0 Å². The van der Waals surface area contributed by atoms with Crippen LogP contribution in [0.4, 0.5) is 0 Å². The van der Waals surface area contributed by atoms with E-state index in [2.05, 4.69) is 40.6 Å². The zero-order valence-electron chi connectivity index (χ0n) is 12.0. The molecule has 2 aliphatic rings. The van der Waals surface area contributed by atoms with Crippen molar-refractivity contribution in [1.82, 2.24) is 10.2 Å². The topological polar surface area (TPSA) is 39.1 Å². The van der Waals surface area contributed by atoms with Crippen molar-refractivity contribution >= 4 is 0 Å². The third-order valence-corrected chi connectivity index (χ3v) is 5.02. The van der Waals surface area contributed by atoms with Gasteiger partial charge in [0.25, 0.3) is 0 Å². The second-order valence-electron chi connectivity index (χ2n) is 6.08. The van der Waals surface area contributed by atoms with Gasteiger partial charge in [0.15, 0.2) is 0 Å². The van der Waals surface area contributed by atoms with E-state index in [1.165, 1.54) is 5.56 Å². The lowest BCUT2D eigenvalue weighted by Gasteiger charge is -2.42. The summed E-state index contributed by atoms with van der Waals surface area (Å²) >= 11 is 0. The molecule has 1 aromatic rings. The third kappa shape index (κ3) is 2.59. The van der Waals surface area contributed by atoms with Gasteiger partial charge in [-0.1, -0.05) is 30.3 Å². The highest BCUT2D eigenvalue weighted by Crippen LogP contribution is 2.40. The Kier molecular flexibility index (Phi) is 4.05. The molecule has 0 radical (unpaired) electrons. The Hall–Kier alpha value is -1.37. The molecule has 2 fully saturated rings. The number of hydrogen-bond donors (Lipinski definition) is 1. The van der Waals surface area contributed by atoms with Crippen molar-refractivity contribution in [2.75, 3.05) is 26.2 Å². The van der Waals surface area contributed by atoms with E-state index in [-0.39, 0.29) is 5.41 Å². The molecule has 1 aromatic carbocycles. The Morgan fingerprint density at radius 1 is 1.10 bits per heavy atom. The second-order valence-corrected chi connectivity index (χ2v) is 6.08. The first-order valence-electron chi connectivity index (χ1n) is 7.76. The quantitative estimate of drug-likeness (QED) is 0.895. The van der Waals surface area contributed by atoms with Gasteiger partial charge in [0.05, 0.1) is 11.5 Å². The Bertz CT molecular complexity index is 463. The molecular weight excluding hydrogens is 246 g/mol. The maximum absolute atomic E-state index is 9.72. The fourth-order valence-corrected chi connectivity index (χ4v) is 3.73. The molecule has 1 heterocycles. The van der Waals surface area contributed by atoms with Gasteiger partial charge < -0.3 is 5.32 Å². The van der Waals surface area contributed by atoms with Crippen LogP contribution in [0, 0.1) is 11.3 Å². The van der Waals surface area contributed by atoms with Crippen molar-refractivity contribution < 1.29 is 0 Å². The van der Waals surface area contributed by atoms with Crippen LogP contribution in [0.1, 0.15) is 31.2 Å². The molecule has 3 heteroatoms. The van der Waals surface area contributed by atoms with Crippen LogP contribution < -0.4 is 5.32 Å². The summed E-state index contributed by atoms with van der Waals surface area (Å²) in [4.78, 5) is 2.61. The zero-order chi connectivity index (χ0) is 13.8. The first kappa shape index (κ1) is 13.6. The fourth-order valence-electron chi connectivity index (χ4n) is 3.73. The van der Waals surface area contributed by atoms with E-state index >= 15 is 0 Å². The monoisotopic (exact) mass is 269 g/mol. The van der Waals surface area contributed by atoms with Gasteiger partial charge in [-0.15, -0.1) is 0 Å². The number of nitrogens with zero attached hydrogens (tertiary/aromatic N) is 2. The molecular formula is C17H23N3. The van der Waals surface area contributed by atoms with Crippen molar-refractivity contribution in [3.05, 3.63) is 35.9 Å². The molecule has 0 bridgehead atoms. The van der Waals surface area contributed by atoms with Gasteiger partial charge in [-0.25, -0.2) is 0 Å². The highest BCUT2D eigenvalue weighted by Gasteiger charge is 2.38. The Morgan fingerprint density at radius 3 is 2.35 bits per heavy atom. The first-order chi connectivity index (χ1) is 9.84. The minimum absolute atomic E-state index is 0.244. The molecule has 0 aromatic heterocycles. The Balaban J connectivity index is 1.68. The number of rotatable bonds is 2. The van der Waals surface area contributed by atoms with E-state index in [0.717, 1.165) is 51.9 Å². The Labute approximate surface area is 121 Å². The van der Waals surface area contributed by atoms with Gasteiger partial charge in [-0.05, 0) is 31.2 Å². The van der Waals surface area contributed by atoms with Crippen LogP contribution in [0.15, 0.2) is 30.3 Å². The molecule has 1 aliphatic heterocycles. The summed E-state index contributed by atoms with van der Waals surface area (Å²) in [7, 11) is 0. The van der Waals surface area contributed by atoms with Crippen molar-refractivity contribution in [2.45, 2.75) is 37.1 Å². The lowest BCUT2D eigenvalue weighted by Crippen LogP contribution is -2.50. The van der Waals surface area contributed by atoms with Crippen LogP contribution in [0.5, 0.6) is 0 Å². The molecule has 1 saturated carbocycles. The third-order valence-electron chi connectivity index (χ3n) is 5.02. The van der Waals surface area contributed by atoms with Gasteiger partial charge in [0.1, 0.15) is 0 Å². The van der Waals surface area contributed by atoms with Crippen LogP contribution >= 0.6 is 0 Å². The Morgan fingerprint density at radius 2 is 1.75 bits per heavy atom. The largest absolute Gasteiger partial charge is 0.314 e. The maximum Gasteiger partial charge on any atom is 0.0823 e. The number of nitriles is 1. The molecule has 1 N–H and O–H groups in total. The summed E-state index contributed by atoms with van der Waals surface area (Å²) in [5.41, 5.74) is 0.965. The van der Waals surface area contributed by atoms with Crippen molar-refractivity contribution in [3.8, 4) is 6.07 Å². The average Bonchev–Trinajstić information content (AvgIpc) is 2.56. The minimum Gasteiger partial charge on any atom is -0.314 e. The number of benzene rings is 1. The summed E-state index contributed by atoms with van der Waals surface area (Å²) in [6.45, 7) is 4.54. The number of piperazine rings is 1. The summed E-state index contributed by atoms with van der Waals surface area (Å²) in [5.74, 6) is 0. The SMILES string of the molecule is N#CC1(c2ccccc2)CCC(N2CCNCC2)CC1. The molecule has 3 rings (SSSR count). The van der Waals surface area contributed by atoms with Crippen molar-refractivity contribution in [2.24, 2.45) is 0 Å². The highest BCUT2D eigenvalue weighted by molar-refractivity contribution is 5.33. The molecule has 3 nitrogen and oxygen atoms in total. The van der Waals surface area contributed by atoms with Crippen LogP contribution in [-0.2, 0) is 5.41 Å².